The molecule has 0 unspecified atom stereocenters. The van der Waals surface area contributed by atoms with Crippen molar-refractivity contribution in [2.75, 3.05) is 14.1 Å². The number of rotatable bonds is 0. The molecule has 0 aromatic rings. The Morgan fingerprint density at radius 1 is 1.21 bits per heavy atom. The van der Waals surface area contributed by atoms with Crippen LogP contribution in [0.25, 0.3) is 0 Å². The monoisotopic (exact) mass is 214 g/mol. The molecule has 6 heteroatoms. The zero-order chi connectivity index (χ0) is 10.7. The van der Waals surface area contributed by atoms with Crippen molar-refractivity contribution in [2.24, 2.45) is 0 Å². The average Bonchev–Trinajstić information content (AvgIpc) is 2.36. The van der Waals surface area contributed by atoms with Crippen LogP contribution in [0.1, 0.15) is 13.8 Å². The number of thiocarbonyl (C=S) groups is 1. The number of fused-ring (bicyclic) bond motifs is 1. The van der Waals surface area contributed by atoms with Gasteiger partial charge in [0.1, 0.15) is 0 Å². The summed E-state index contributed by atoms with van der Waals surface area (Å²) in [5.74, 6) is 0. The van der Waals surface area contributed by atoms with E-state index in [1.54, 1.807) is 11.9 Å². The average molecular weight is 214 g/mol. The first-order chi connectivity index (χ1) is 6.33. The third-order valence-electron chi connectivity index (χ3n) is 3.58. The molecule has 2 saturated heterocycles. The highest BCUT2D eigenvalue weighted by atomic mass is 32.1. The van der Waals surface area contributed by atoms with E-state index in [9.17, 15) is 4.79 Å². The number of likely N-dealkylation sites (N-methyl/N-ethyl adjacent to an activating group) is 2. The first kappa shape index (κ1) is 9.51. The van der Waals surface area contributed by atoms with Crippen molar-refractivity contribution in [1.29, 1.82) is 0 Å². The van der Waals surface area contributed by atoms with Crippen LogP contribution in [-0.4, -0.2) is 46.4 Å². The van der Waals surface area contributed by atoms with Gasteiger partial charge in [0.15, 0.2) is 16.4 Å². The van der Waals surface area contributed by atoms with Gasteiger partial charge < -0.3 is 20.4 Å². The summed E-state index contributed by atoms with van der Waals surface area (Å²) in [6.45, 7) is 3.92. The predicted molar refractivity (Wildman–Crippen MR) is 56.6 cm³/mol. The number of nitrogens with zero attached hydrogens (tertiary/aromatic N) is 2. The molecule has 2 heterocycles. The van der Waals surface area contributed by atoms with Crippen molar-refractivity contribution in [3.63, 3.8) is 0 Å². The number of carbonyl (C=O) groups is 1. The second kappa shape index (κ2) is 2.31. The Kier molecular flexibility index (Phi) is 1.57. The number of carbonyl (C=O) groups excluding carboxylic acids is 1. The van der Waals surface area contributed by atoms with Crippen LogP contribution < -0.4 is 10.6 Å². The highest BCUT2D eigenvalue weighted by molar-refractivity contribution is 7.80. The van der Waals surface area contributed by atoms with Gasteiger partial charge in [-0.3, -0.25) is 0 Å². The van der Waals surface area contributed by atoms with E-state index < -0.39 is 11.3 Å². The maximum absolute atomic E-state index is 11.6. The smallest absolute Gasteiger partial charge is 0.321 e. The molecule has 2 fully saturated rings. The van der Waals surface area contributed by atoms with Crippen LogP contribution in [-0.2, 0) is 0 Å². The maximum atomic E-state index is 11.6. The van der Waals surface area contributed by atoms with Crippen LogP contribution in [0.15, 0.2) is 0 Å². The molecule has 0 bridgehead atoms. The minimum absolute atomic E-state index is 0.0862. The standard InChI is InChI=1S/C8H14N4OS/c1-7-8(2,11(3)5(13)9-7)12(4)6(14)10-7/h1-4H3,(H,9,13)(H,10,14)/t7-,8+/m0/s1. The van der Waals surface area contributed by atoms with Gasteiger partial charge in [0.25, 0.3) is 0 Å². The highest BCUT2D eigenvalue weighted by Gasteiger charge is 2.64. The summed E-state index contributed by atoms with van der Waals surface area (Å²) in [4.78, 5) is 15.1. The number of urea groups is 1. The van der Waals surface area contributed by atoms with E-state index in [2.05, 4.69) is 10.6 Å². The molecule has 0 aromatic carbocycles. The van der Waals surface area contributed by atoms with Crippen LogP contribution in [0.3, 0.4) is 0 Å². The number of hydrogen-bond donors (Lipinski definition) is 2. The van der Waals surface area contributed by atoms with Gasteiger partial charge in [0, 0.05) is 14.1 Å². The number of hydrogen-bond acceptors (Lipinski definition) is 2. The van der Waals surface area contributed by atoms with Crippen LogP contribution in [0.5, 0.6) is 0 Å². The Morgan fingerprint density at radius 2 is 1.79 bits per heavy atom. The molecule has 0 radical (unpaired) electrons. The summed E-state index contributed by atoms with van der Waals surface area (Å²) in [6, 6.07) is -0.0862. The minimum atomic E-state index is -0.509. The second-order valence-corrected chi connectivity index (χ2v) is 4.51. The minimum Gasteiger partial charge on any atom is -0.336 e. The van der Waals surface area contributed by atoms with Crippen molar-refractivity contribution in [3.8, 4) is 0 Å². The Morgan fingerprint density at radius 3 is 2.29 bits per heavy atom. The topological polar surface area (TPSA) is 47.6 Å². The fraction of sp³-hybridized carbons (Fsp3) is 0.750. The van der Waals surface area contributed by atoms with Gasteiger partial charge in [-0.2, -0.15) is 0 Å². The summed E-state index contributed by atoms with van der Waals surface area (Å²) in [5, 5.41) is 6.67. The normalized spacial score (nSPS) is 41.1. The predicted octanol–water partition coefficient (Wildman–Crippen LogP) is -0.106. The van der Waals surface area contributed by atoms with E-state index in [1.165, 1.54) is 0 Å². The SMILES string of the molecule is CN1C(=O)N[C@@]2(C)NC(=S)N(C)[C@@]12C. The molecule has 2 atom stereocenters. The Labute approximate surface area is 88.4 Å². The van der Waals surface area contributed by atoms with E-state index in [0.29, 0.717) is 5.11 Å². The van der Waals surface area contributed by atoms with E-state index in [4.69, 9.17) is 12.2 Å². The summed E-state index contributed by atoms with van der Waals surface area (Å²) in [6.07, 6.45) is 0. The molecule has 2 amide bonds. The summed E-state index contributed by atoms with van der Waals surface area (Å²) in [7, 11) is 3.66. The molecular formula is C8H14N4OS. The van der Waals surface area contributed by atoms with Gasteiger partial charge in [0.2, 0.25) is 0 Å². The number of nitrogens with one attached hydrogen (secondary N) is 2. The molecule has 5 nitrogen and oxygen atoms in total. The quantitative estimate of drug-likeness (QED) is 0.553. The van der Waals surface area contributed by atoms with Gasteiger partial charge in [-0.25, -0.2) is 4.79 Å². The first-order valence-electron chi connectivity index (χ1n) is 4.45. The van der Waals surface area contributed by atoms with Crippen LogP contribution in [0.4, 0.5) is 4.79 Å². The van der Waals surface area contributed by atoms with Crippen LogP contribution >= 0.6 is 12.2 Å². The fourth-order valence-electron chi connectivity index (χ4n) is 2.15. The molecule has 2 rings (SSSR count). The molecule has 14 heavy (non-hydrogen) atoms. The van der Waals surface area contributed by atoms with Gasteiger partial charge >= 0.3 is 6.03 Å². The van der Waals surface area contributed by atoms with E-state index in [1.807, 2.05) is 25.8 Å². The highest BCUT2D eigenvalue weighted by Crippen LogP contribution is 2.38. The lowest BCUT2D eigenvalue weighted by Crippen LogP contribution is -2.62. The van der Waals surface area contributed by atoms with Gasteiger partial charge in [-0.1, -0.05) is 0 Å². The third kappa shape index (κ3) is 0.755. The molecule has 0 spiro atoms. The zero-order valence-electron chi connectivity index (χ0n) is 8.71. The van der Waals surface area contributed by atoms with E-state index >= 15 is 0 Å². The lowest BCUT2D eigenvalue weighted by atomic mass is 9.99. The van der Waals surface area contributed by atoms with Crippen molar-refractivity contribution >= 4 is 23.4 Å². The Balaban J connectivity index is 2.52. The summed E-state index contributed by atoms with van der Waals surface area (Å²) < 4.78 is 0. The van der Waals surface area contributed by atoms with Gasteiger partial charge in [0.05, 0.1) is 0 Å². The largest absolute Gasteiger partial charge is 0.336 e. The molecule has 0 aliphatic carbocycles. The summed E-state index contributed by atoms with van der Waals surface area (Å²) in [5.41, 5.74) is -0.953. The molecule has 0 aromatic heterocycles. The van der Waals surface area contributed by atoms with Gasteiger partial charge in [-0.15, -0.1) is 0 Å². The number of amides is 2. The summed E-state index contributed by atoms with van der Waals surface area (Å²) >= 11 is 5.17. The van der Waals surface area contributed by atoms with Crippen molar-refractivity contribution < 1.29 is 4.79 Å². The lowest BCUT2D eigenvalue weighted by molar-refractivity contribution is 0.0556. The fourth-order valence-corrected chi connectivity index (χ4v) is 2.54. The molecule has 2 aliphatic rings. The third-order valence-corrected chi connectivity index (χ3v) is 3.95. The lowest BCUT2D eigenvalue weighted by Gasteiger charge is -2.39. The molecule has 2 N–H and O–H groups in total. The molecule has 2 aliphatic heterocycles. The zero-order valence-corrected chi connectivity index (χ0v) is 9.53. The Bertz CT molecular complexity index is 305. The van der Waals surface area contributed by atoms with Crippen LogP contribution in [0, 0.1) is 0 Å². The van der Waals surface area contributed by atoms with E-state index in [-0.39, 0.29) is 6.03 Å². The molecule has 78 valence electrons. The Hall–Kier alpha value is -1.04. The second-order valence-electron chi connectivity index (χ2n) is 4.12. The van der Waals surface area contributed by atoms with Crippen LogP contribution in [0.2, 0.25) is 0 Å². The van der Waals surface area contributed by atoms with Gasteiger partial charge in [-0.05, 0) is 26.1 Å². The molecular weight excluding hydrogens is 200 g/mol. The van der Waals surface area contributed by atoms with Crippen molar-refractivity contribution in [3.05, 3.63) is 0 Å². The van der Waals surface area contributed by atoms with Crippen molar-refractivity contribution in [2.45, 2.75) is 25.2 Å². The first-order valence-corrected chi connectivity index (χ1v) is 4.86. The maximum Gasteiger partial charge on any atom is 0.321 e. The van der Waals surface area contributed by atoms with Crippen molar-refractivity contribution in [1.82, 2.24) is 20.4 Å². The van der Waals surface area contributed by atoms with E-state index in [0.717, 1.165) is 0 Å². The molecule has 0 saturated carbocycles.